The van der Waals surface area contributed by atoms with Gasteiger partial charge in [-0.3, -0.25) is 0 Å². The van der Waals surface area contributed by atoms with Crippen LogP contribution in [0.3, 0.4) is 0 Å². The summed E-state index contributed by atoms with van der Waals surface area (Å²) in [6.07, 6.45) is 0. The first-order valence-electron chi connectivity index (χ1n) is 52.2. The first-order chi connectivity index (χ1) is 64.8. The Kier molecular flexibility index (Phi) is 25.7. The Labute approximate surface area is 845 Å². The SMILES string of the molecule is Cc1c(C)c(-c2c(C)c3c(C)c(C)c(C)c(C)c3n2C)c(C)c(C)c1-c1c(C)c2c(C)c(C)c(C)c(C)c2n1C.Cc1c(C)c(C)c(-c2c(C)c(C)c3c(c2C)c(C)c(C)n3C)c(C)c1C.Cc1c(C)c(C)c2c(c1C)-c1c(C)c(C)c(-c3c(C)c(C)c(C)c4c3c(C)c(C)n4C)c(C)c1C2(C)C.Cc1c(C)c(C)c2c(c1C)-c1c(C)c(C)c(-c3c(C)c(C)c4c(c3C)c(C)c(C)n4C)c(C)c1C2(C)C. The predicted molar refractivity (Wildman–Crippen MR) is 618 cm³/mol. The van der Waals surface area contributed by atoms with Gasteiger partial charge in [0.05, 0.1) is 39.0 Å². The molecule has 18 rings (SSSR count). The summed E-state index contributed by atoms with van der Waals surface area (Å²) in [6, 6.07) is 0. The van der Waals surface area contributed by atoms with Gasteiger partial charge in [0, 0.05) is 101 Å². The van der Waals surface area contributed by atoms with E-state index in [9.17, 15) is 0 Å². The van der Waals surface area contributed by atoms with Crippen LogP contribution in [0.5, 0.6) is 0 Å². The third-order valence-corrected chi connectivity index (χ3v) is 40.1. The van der Waals surface area contributed by atoms with E-state index in [1.807, 2.05) is 0 Å². The standard InChI is InChI=1S/C38H48N2.2C36H45N.C25H33N/c1-17-19(3)27(11)35-33(21(17)5)29(13)37(39(35)15)31-23(7)25(9)32(26(10)24(31)8)38-30(14)34-22(6)18(2)20(4)28(12)36(34)40(38)16;1-16-17(2)23(8)33-30(20(16)5)31-22(7)21(6)28(26(11)34(31)36(33,13)14)29-19(4)18(3)24(9)35-32(29)25(10)27(12)37(35)15;1-16-17(2)22(7)33-31(18(16)3)32-20(5)19(4)29(26(11)34(32)36(33,13)14)28-21(6)23(8)35-30(25(28)10)24(9)27(12)37(35)15;1-12-13(2)15(4)22(16(5)14(12)3)23-17(6)18(7)25-24(20(23)9)19(8)21(10)26(25)11/h1-16H3;2*1-15H3;1-11H3. The lowest BCUT2D eigenvalue weighted by Crippen LogP contribution is -2.19. The number of benzene rings is 11. The molecular weight excluding hydrogens is 1690 g/mol. The van der Waals surface area contributed by atoms with E-state index in [0.717, 1.165) is 0 Å². The number of fused-ring (bicyclic) bond motifs is 11. The molecule has 16 aromatic rings. The second-order valence-electron chi connectivity index (χ2n) is 46.2. The Balaban J connectivity index is 0.000000143. The summed E-state index contributed by atoms with van der Waals surface area (Å²) in [5, 5.41) is 7.18. The van der Waals surface area contributed by atoms with Crippen molar-refractivity contribution in [2.75, 3.05) is 0 Å². The van der Waals surface area contributed by atoms with Crippen LogP contribution in [-0.4, -0.2) is 22.8 Å². The molecule has 0 atom stereocenters. The van der Waals surface area contributed by atoms with Gasteiger partial charge in [0.15, 0.2) is 0 Å². The van der Waals surface area contributed by atoms with Crippen LogP contribution in [-0.2, 0) is 46.1 Å². The number of aromatic nitrogens is 5. The Morgan fingerprint density at radius 2 is 0.271 bits per heavy atom. The fourth-order valence-electron chi connectivity index (χ4n) is 29.0. The Hall–Kier alpha value is -10.9. The molecule has 0 N–H and O–H groups in total. The zero-order valence-electron chi connectivity index (χ0n) is 98.2. The first kappa shape index (κ1) is 103. The van der Waals surface area contributed by atoms with Crippen LogP contribution in [0.25, 0.3) is 133 Å². The van der Waals surface area contributed by atoms with Gasteiger partial charge < -0.3 is 22.8 Å². The van der Waals surface area contributed by atoms with E-state index in [0.29, 0.717) is 0 Å². The van der Waals surface area contributed by atoms with Gasteiger partial charge in [-0.15, -0.1) is 0 Å². The summed E-state index contributed by atoms with van der Waals surface area (Å²) in [6.45, 7) is 121. The molecule has 2 aliphatic rings. The van der Waals surface area contributed by atoms with E-state index in [1.165, 1.54) is 411 Å². The molecule has 0 fully saturated rings. The van der Waals surface area contributed by atoms with Crippen LogP contribution in [0, 0.1) is 332 Å². The van der Waals surface area contributed by atoms with Crippen LogP contribution in [0.15, 0.2) is 0 Å². The number of hydrogen-bond donors (Lipinski definition) is 0. The van der Waals surface area contributed by atoms with Crippen LogP contribution < -0.4 is 0 Å². The van der Waals surface area contributed by atoms with Crippen molar-refractivity contribution >= 4 is 54.5 Å². The van der Waals surface area contributed by atoms with E-state index in [4.69, 9.17) is 0 Å². The predicted octanol–water partition coefficient (Wildman–Crippen LogP) is 37.0. The topological polar surface area (TPSA) is 24.6 Å². The lowest BCUT2D eigenvalue weighted by Gasteiger charge is -2.29. The monoisotopic (exact) mass is 1860 g/mol. The molecule has 0 aliphatic heterocycles. The van der Waals surface area contributed by atoms with Crippen LogP contribution in [0.1, 0.15) is 317 Å². The van der Waals surface area contributed by atoms with Gasteiger partial charge >= 0.3 is 0 Å². The van der Waals surface area contributed by atoms with E-state index in [1.54, 1.807) is 11.1 Å². The molecule has 0 saturated carbocycles. The molecule has 2 aliphatic carbocycles. The molecule has 0 saturated heterocycles. The van der Waals surface area contributed by atoms with E-state index in [2.05, 4.69) is 418 Å². The number of nitrogens with zero attached hydrogens (tertiary/aromatic N) is 5. The molecular formula is C135H171N5. The molecule has 736 valence electrons. The molecule has 0 radical (unpaired) electrons. The van der Waals surface area contributed by atoms with Gasteiger partial charge in [-0.2, -0.15) is 0 Å². The van der Waals surface area contributed by atoms with Crippen LogP contribution in [0.4, 0.5) is 0 Å². The third kappa shape index (κ3) is 13.6. The van der Waals surface area contributed by atoms with Crippen LogP contribution >= 0.6 is 0 Å². The number of hydrogen-bond acceptors (Lipinski definition) is 0. The maximum absolute atomic E-state index is 2.48. The lowest BCUT2D eigenvalue weighted by molar-refractivity contribution is 0.649. The second kappa shape index (κ2) is 34.7. The first-order valence-corrected chi connectivity index (χ1v) is 52.2. The largest absolute Gasteiger partial charge is 0.347 e. The number of aryl methyl sites for hydroxylation is 19. The van der Waals surface area contributed by atoms with Gasteiger partial charge in [0.2, 0.25) is 0 Å². The fraction of sp³-hybridized carbons (Fsp3) is 0.437. The smallest absolute Gasteiger partial charge is 0.0524 e. The fourth-order valence-corrected chi connectivity index (χ4v) is 29.0. The van der Waals surface area contributed by atoms with E-state index >= 15 is 0 Å². The Bertz CT molecular complexity index is 8020. The minimum absolute atomic E-state index is 0.0323. The summed E-state index contributed by atoms with van der Waals surface area (Å²) in [5.41, 5.74) is 102. The van der Waals surface area contributed by atoms with Crippen molar-refractivity contribution in [1.29, 1.82) is 0 Å². The third-order valence-electron chi connectivity index (χ3n) is 40.1. The maximum atomic E-state index is 2.48. The highest BCUT2D eigenvalue weighted by atomic mass is 15.0. The molecule has 0 amide bonds. The Morgan fingerprint density at radius 1 is 0.114 bits per heavy atom. The molecule has 0 unspecified atom stereocenters. The van der Waals surface area contributed by atoms with Crippen molar-refractivity contribution in [3.63, 3.8) is 0 Å². The van der Waals surface area contributed by atoms with Crippen molar-refractivity contribution in [2.45, 2.75) is 371 Å². The van der Waals surface area contributed by atoms with E-state index in [-0.39, 0.29) is 10.8 Å². The summed E-state index contributed by atoms with van der Waals surface area (Å²) >= 11 is 0. The molecule has 5 aromatic heterocycles. The van der Waals surface area contributed by atoms with Gasteiger partial charge in [-0.05, 0) is 661 Å². The van der Waals surface area contributed by atoms with E-state index < -0.39 is 0 Å². The minimum Gasteiger partial charge on any atom is -0.347 e. The quantitative estimate of drug-likeness (QED) is 0.164. The zero-order valence-corrected chi connectivity index (χ0v) is 98.2. The normalized spacial score (nSPS) is 13.0. The molecule has 5 nitrogen and oxygen atoms in total. The van der Waals surface area contributed by atoms with Crippen molar-refractivity contribution in [1.82, 2.24) is 22.8 Å². The maximum Gasteiger partial charge on any atom is 0.0524 e. The Morgan fingerprint density at radius 3 is 0.571 bits per heavy atom. The molecule has 5 heteroatoms. The number of rotatable bonds is 5. The minimum atomic E-state index is -0.0380. The molecule has 0 spiro atoms. The zero-order chi connectivity index (χ0) is 105. The molecule has 5 heterocycles. The van der Waals surface area contributed by atoms with Gasteiger partial charge in [0.1, 0.15) is 0 Å². The summed E-state index contributed by atoms with van der Waals surface area (Å²) in [7, 11) is 11.2. The average molecular weight is 1860 g/mol. The molecule has 140 heavy (non-hydrogen) atoms. The van der Waals surface area contributed by atoms with Gasteiger partial charge in [0.25, 0.3) is 0 Å². The summed E-state index contributed by atoms with van der Waals surface area (Å²) in [5.74, 6) is 0. The van der Waals surface area contributed by atoms with Gasteiger partial charge in [-0.25, -0.2) is 0 Å². The highest BCUT2D eigenvalue weighted by Crippen LogP contribution is 2.62. The molecule has 0 bridgehead atoms. The van der Waals surface area contributed by atoms with Crippen molar-refractivity contribution < 1.29 is 0 Å². The van der Waals surface area contributed by atoms with Crippen molar-refractivity contribution in [3.05, 3.63) is 290 Å². The summed E-state index contributed by atoms with van der Waals surface area (Å²) in [4.78, 5) is 0. The highest BCUT2D eigenvalue weighted by molar-refractivity contribution is 6.08. The van der Waals surface area contributed by atoms with Gasteiger partial charge in [-0.1, -0.05) is 27.7 Å². The average Bonchev–Trinajstić information content (AvgIpc) is 1.53. The molecule has 11 aromatic carbocycles. The lowest BCUT2D eigenvalue weighted by atomic mass is 9.74. The van der Waals surface area contributed by atoms with Crippen LogP contribution in [0.2, 0.25) is 0 Å². The summed E-state index contributed by atoms with van der Waals surface area (Å²) < 4.78 is 12.1. The highest BCUT2D eigenvalue weighted by Gasteiger charge is 2.46. The van der Waals surface area contributed by atoms with Crippen molar-refractivity contribution in [2.24, 2.45) is 35.2 Å². The second-order valence-corrected chi connectivity index (χ2v) is 46.2. The van der Waals surface area contributed by atoms with Crippen molar-refractivity contribution in [3.8, 4) is 78.1 Å².